The zero-order valence-corrected chi connectivity index (χ0v) is 9.49. The highest BCUT2D eigenvalue weighted by Gasteiger charge is 2.11. The number of rotatable bonds is 5. The molecule has 0 heterocycles. The van der Waals surface area contributed by atoms with E-state index in [-0.39, 0.29) is 12.4 Å². The van der Waals surface area contributed by atoms with Crippen molar-refractivity contribution in [2.75, 3.05) is 0 Å². The van der Waals surface area contributed by atoms with Gasteiger partial charge in [0.15, 0.2) is 0 Å². The van der Waals surface area contributed by atoms with Gasteiger partial charge in [-0.15, -0.1) is 12.4 Å². The smallest absolute Gasteiger partial charge is 0.405 e. The van der Waals surface area contributed by atoms with Crippen molar-refractivity contribution < 1.29 is 9.90 Å². The molecular weight excluding hydrogens is 213 g/mol. The Labute approximate surface area is 90.3 Å². The molecule has 0 saturated carbocycles. The zero-order valence-electron chi connectivity index (χ0n) is 7.92. The van der Waals surface area contributed by atoms with Gasteiger partial charge in [-0.3, -0.25) is 0 Å². The molecule has 13 heavy (non-hydrogen) atoms. The van der Waals surface area contributed by atoms with E-state index in [1.807, 2.05) is 0 Å². The van der Waals surface area contributed by atoms with Crippen LogP contribution >= 0.6 is 24.0 Å². The van der Waals surface area contributed by atoms with E-state index >= 15 is 0 Å². The predicted molar refractivity (Wildman–Crippen MR) is 56.7 cm³/mol. The van der Waals surface area contributed by atoms with Crippen LogP contribution in [0.4, 0.5) is 4.79 Å². The number of nitrogens with one attached hydrogen (secondary N) is 1. The summed E-state index contributed by atoms with van der Waals surface area (Å²) in [5.41, 5.74) is -0.455. The molecule has 3 nitrogen and oxygen atoms in total. The van der Waals surface area contributed by atoms with Crippen molar-refractivity contribution in [2.24, 2.45) is 5.92 Å². The van der Waals surface area contributed by atoms with Gasteiger partial charge in [-0.2, -0.15) is 0 Å². The summed E-state index contributed by atoms with van der Waals surface area (Å²) in [6, 6.07) is 0. The molecule has 5 heteroatoms. The lowest BCUT2D eigenvalue weighted by Crippen LogP contribution is -2.30. The average molecular weight is 230 g/mol. The molecule has 0 spiro atoms. The molecule has 0 fully saturated rings. The van der Waals surface area contributed by atoms with Crippen LogP contribution < -0.4 is 5.32 Å². The number of carbonyl (C=O) groups is 1. The van der Waals surface area contributed by atoms with Crippen molar-refractivity contribution in [3.8, 4) is 0 Å². The first-order chi connectivity index (χ1) is 5.56. The second-order valence-electron chi connectivity index (χ2n) is 3.05. The maximum Gasteiger partial charge on any atom is 0.405 e. The topological polar surface area (TPSA) is 49.3 Å². The molecular formula is C8H17Cl2NO2. The van der Waals surface area contributed by atoms with Gasteiger partial charge in [0.1, 0.15) is 5.50 Å². The third kappa shape index (κ3) is 9.77. The Morgan fingerprint density at radius 1 is 1.62 bits per heavy atom. The molecule has 1 amide bonds. The van der Waals surface area contributed by atoms with E-state index in [4.69, 9.17) is 16.7 Å². The average Bonchev–Trinajstić information content (AvgIpc) is 1.84. The lowest BCUT2D eigenvalue weighted by molar-refractivity contribution is 0.192. The molecule has 0 aliphatic rings. The summed E-state index contributed by atoms with van der Waals surface area (Å²) < 4.78 is 0. The molecule has 0 aliphatic heterocycles. The Morgan fingerprint density at radius 2 is 2.15 bits per heavy atom. The Hall–Kier alpha value is -0.150. The first kappa shape index (κ1) is 15.3. The van der Waals surface area contributed by atoms with Gasteiger partial charge in [0, 0.05) is 0 Å². The van der Waals surface area contributed by atoms with Gasteiger partial charge in [0.25, 0.3) is 0 Å². The Bertz CT molecular complexity index is 144. The largest absolute Gasteiger partial charge is 0.465 e. The third-order valence-electron chi connectivity index (χ3n) is 1.67. The summed E-state index contributed by atoms with van der Waals surface area (Å²) in [5.74, 6) is 0.476. The van der Waals surface area contributed by atoms with Crippen LogP contribution in [-0.2, 0) is 0 Å². The van der Waals surface area contributed by atoms with E-state index < -0.39 is 11.6 Å². The molecule has 2 N–H and O–H groups in total. The van der Waals surface area contributed by atoms with E-state index in [2.05, 4.69) is 19.2 Å². The molecule has 0 saturated heterocycles. The van der Waals surface area contributed by atoms with Crippen molar-refractivity contribution in [3.05, 3.63) is 0 Å². The summed E-state index contributed by atoms with van der Waals surface area (Å²) in [6.45, 7) is 4.17. The van der Waals surface area contributed by atoms with Crippen LogP contribution in [0.15, 0.2) is 0 Å². The van der Waals surface area contributed by atoms with E-state index in [1.54, 1.807) is 0 Å². The van der Waals surface area contributed by atoms with Gasteiger partial charge < -0.3 is 10.4 Å². The maximum absolute atomic E-state index is 10.2. The molecule has 0 aromatic heterocycles. The van der Waals surface area contributed by atoms with Crippen molar-refractivity contribution in [3.63, 3.8) is 0 Å². The Morgan fingerprint density at radius 3 is 2.54 bits per heavy atom. The first-order valence-corrected chi connectivity index (χ1v) is 4.63. The van der Waals surface area contributed by atoms with Gasteiger partial charge in [0.2, 0.25) is 0 Å². The molecule has 2 atom stereocenters. The lowest BCUT2D eigenvalue weighted by Gasteiger charge is -2.14. The van der Waals surface area contributed by atoms with Gasteiger partial charge in [-0.1, -0.05) is 38.3 Å². The fourth-order valence-electron chi connectivity index (χ4n) is 1.16. The minimum atomic E-state index is -1.06. The van der Waals surface area contributed by atoms with Crippen molar-refractivity contribution in [1.82, 2.24) is 5.32 Å². The monoisotopic (exact) mass is 229 g/mol. The van der Waals surface area contributed by atoms with Gasteiger partial charge in [-0.25, -0.2) is 4.79 Å². The molecule has 0 rings (SSSR count). The number of carboxylic acid groups (broad SMARTS) is 1. The van der Waals surface area contributed by atoms with Gasteiger partial charge in [0.05, 0.1) is 0 Å². The summed E-state index contributed by atoms with van der Waals surface area (Å²) in [7, 11) is 0. The van der Waals surface area contributed by atoms with Crippen molar-refractivity contribution in [1.29, 1.82) is 0 Å². The van der Waals surface area contributed by atoms with Crippen molar-refractivity contribution >= 4 is 30.1 Å². The van der Waals surface area contributed by atoms with E-state index in [0.29, 0.717) is 12.3 Å². The number of alkyl halides is 1. The molecule has 0 bridgehead atoms. The molecule has 80 valence electrons. The number of amides is 1. The molecule has 0 radical (unpaired) electrons. The van der Waals surface area contributed by atoms with Crippen LogP contribution in [0.2, 0.25) is 0 Å². The maximum atomic E-state index is 10.2. The second kappa shape index (κ2) is 8.45. The van der Waals surface area contributed by atoms with Crippen LogP contribution in [0, 0.1) is 5.92 Å². The number of halogens is 2. The van der Waals surface area contributed by atoms with Crippen LogP contribution in [0.25, 0.3) is 0 Å². The molecule has 0 aliphatic carbocycles. The minimum absolute atomic E-state index is 0. The third-order valence-corrected chi connectivity index (χ3v) is 1.96. The zero-order chi connectivity index (χ0) is 9.56. The first-order valence-electron chi connectivity index (χ1n) is 4.19. The normalized spacial score (nSPS) is 14.1. The molecule has 2 unspecified atom stereocenters. The molecule has 0 aromatic carbocycles. The number of hydrogen-bond acceptors (Lipinski definition) is 1. The quantitative estimate of drug-likeness (QED) is 0.563. The Balaban J connectivity index is 0. The van der Waals surface area contributed by atoms with E-state index in [9.17, 15) is 4.79 Å². The van der Waals surface area contributed by atoms with E-state index in [0.717, 1.165) is 12.8 Å². The summed E-state index contributed by atoms with van der Waals surface area (Å²) in [5, 5.41) is 10.5. The van der Waals surface area contributed by atoms with Crippen molar-refractivity contribution in [2.45, 2.75) is 38.6 Å². The summed E-state index contributed by atoms with van der Waals surface area (Å²) >= 11 is 5.71. The predicted octanol–water partition coefficient (Wildman–Crippen LogP) is 3.07. The highest BCUT2D eigenvalue weighted by molar-refractivity contribution is 6.21. The van der Waals surface area contributed by atoms with Crippen LogP contribution in [0.1, 0.15) is 33.1 Å². The lowest BCUT2D eigenvalue weighted by atomic mass is 10.0. The summed E-state index contributed by atoms with van der Waals surface area (Å²) in [6.07, 6.45) is 1.84. The second-order valence-corrected chi connectivity index (χ2v) is 3.57. The minimum Gasteiger partial charge on any atom is -0.465 e. The highest BCUT2D eigenvalue weighted by Crippen LogP contribution is 2.14. The SMILES string of the molecule is CCCC(C)CC(Cl)NC(=O)O.Cl. The fraction of sp³-hybridized carbons (Fsp3) is 0.875. The van der Waals surface area contributed by atoms with Crippen LogP contribution in [0.3, 0.4) is 0 Å². The van der Waals surface area contributed by atoms with Gasteiger partial charge >= 0.3 is 6.09 Å². The molecule has 0 aromatic rings. The summed E-state index contributed by atoms with van der Waals surface area (Å²) in [4.78, 5) is 10.2. The standard InChI is InChI=1S/C8H16ClNO2.ClH/c1-3-4-6(2)5-7(9)10-8(11)12;/h6-7,10H,3-5H2,1-2H3,(H,11,12);1H. The van der Waals surface area contributed by atoms with Crippen LogP contribution in [0.5, 0.6) is 0 Å². The number of hydrogen-bond donors (Lipinski definition) is 2. The Kier molecular flexibility index (Phi) is 9.96. The highest BCUT2D eigenvalue weighted by atomic mass is 35.5. The van der Waals surface area contributed by atoms with E-state index in [1.165, 1.54) is 0 Å². The van der Waals surface area contributed by atoms with Gasteiger partial charge in [-0.05, 0) is 12.3 Å². The fourth-order valence-corrected chi connectivity index (χ4v) is 1.55. The van der Waals surface area contributed by atoms with Crippen LogP contribution in [-0.4, -0.2) is 16.7 Å².